The first kappa shape index (κ1) is 59.7. The smallest absolute Gasteiger partial charge is 0.330 e. The number of carbonyl (C=O) groups excluding carboxylic acids is 6. The van der Waals surface area contributed by atoms with Crippen LogP contribution < -0.4 is 23.7 Å². The van der Waals surface area contributed by atoms with Gasteiger partial charge in [0.15, 0.2) is 0 Å². The van der Waals surface area contributed by atoms with Crippen molar-refractivity contribution in [1.82, 2.24) is 0 Å². The van der Waals surface area contributed by atoms with Crippen molar-refractivity contribution in [2.75, 3.05) is 47.3 Å². The molecule has 0 aliphatic heterocycles. The van der Waals surface area contributed by atoms with Crippen molar-refractivity contribution in [2.24, 2.45) is 23.7 Å². The van der Waals surface area contributed by atoms with Gasteiger partial charge in [-0.25, -0.2) is 9.59 Å². The van der Waals surface area contributed by atoms with Gasteiger partial charge in [0.25, 0.3) is 0 Å². The summed E-state index contributed by atoms with van der Waals surface area (Å²) in [6, 6.07) is 20.1. The number of hydrogen-bond donors (Lipinski definition) is 1. The average molecular weight is 998 g/mol. The third-order valence-electron chi connectivity index (χ3n) is 12.2. The van der Waals surface area contributed by atoms with Crippen molar-refractivity contribution in [3.05, 3.63) is 103 Å². The molecule has 5 rings (SSSR count). The van der Waals surface area contributed by atoms with Gasteiger partial charge in [-0.3, -0.25) is 9.59 Å². The van der Waals surface area contributed by atoms with E-state index in [1.54, 1.807) is 44.6 Å². The van der Waals surface area contributed by atoms with E-state index < -0.39 is 0 Å². The van der Waals surface area contributed by atoms with E-state index in [9.17, 15) is 28.8 Å². The van der Waals surface area contributed by atoms with Crippen LogP contribution in [0.2, 0.25) is 0 Å². The van der Waals surface area contributed by atoms with Crippen LogP contribution in [0.1, 0.15) is 114 Å². The van der Waals surface area contributed by atoms with Gasteiger partial charge < -0.3 is 52.9 Å². The average Bonchev–Trinajstić information content (AvgIpc) is 3.42. The van der Waals surface area contributed by atoms with Crippen molar-refractivity contribution in [1.29, 1.82) is 5.41 Å². The standard InChI is InChI=1S/C23H30O6.C18H23NO4.C16H22O4/c1-2-22(25)28-16-6-4-3-5-15-27-20-11-13-21(14-12-20)29-23(26)19-9-7-18(17-24)8-10-19;1-22-9-8-13-4-7-17(16(10-13)11-19)23-18(21)15-5-2-14(12-20)3-6-15;1-3-16(17)20-13-7-5-4-6-12-19-15-10-8-14(18-2)9-11-15/h2,11-14,17-19H,1,3-10,15-16H2;4,7,10-12,14-15,19H,2-3,5-6,8-9H2,1H3;3,8-11H,1,4-7,12-13H2,2H3. The molecule has 0 atom stereocenters. The minimum atomic E-state index is -0.382. The Morgan fingerprint density at radius 1 is 0.542 bits per heavy atom. The first-order chi connectivity index (χ1) is 35.0. The van der Waals surface area contributed by atoms with E-state index >= 15 is 0 Å². The summed E-state index contributed by atoms with van der Waals surface area (Å²) >= 11 is 0. The Labute approximate surface area is 425 Å². The monoisotopic (exact) mass is 998 g/mol. The molecule has 0 spiro atoms. The number of carbonyl (C=O) groups is 6. The van der Waals surface area contributed by atoms with Crippen LogP contribution in [0.15, 0.2) is 92.0 Å². The number of ether oxygens (including phenoxy) is 8. The summed E-state index contributed by atoms with van der Waals surface area (Å²) in [6.07, 6.45) is 19.7. The Balaban J connectivity index is 0.000000291. The molecule has 2 saturated carbocycles. The van der Waals surface area contributed by atoms with Crippen molar-refractivity contribution >= 4 is 42.7 Å². The number of methoxy groups -OCH3 is 2. The largest absolute Gasteiger partial charge is 0.497 e. The minimum absolute atomic E-state index is 0.0799. The fourth-order valence-corrected chi connectivity index (χ4v) is 7.79. The van der Waals surface area contributed by atoms with Crippen LogP contribution in [0.25, 0.3) is 0 Å². The number of rotatable bonds is 29. The first-order valence-corrected chi connectivity index (χ1v) is 25.1. The lowest BCUT2D eigenvalue weighted by atomic mass is 9.83. The van der Waals surface area contributed by atoms with E-state index in [0.717, 1.165) is 119 Å². The van der Waals surface area contributed by atoms with Crippen molar-refractivity contribution in [3.8, 4) is 28.7 Å². The number of nitrogens with one attached hydrogen (secondary N) is 1. The normalized spacial score (nSPS) is 16.8. The zero-order valence-electron chi connectivity index (χ0n) is 42.2. The van der Waals surface area contributed by atoms with E-state index in [-0.39, 0.29) is 47.5 Å². The number of esters is 4. The molecule has 3 aromatic rings. The summed E-state index contributed by atoms with van der Waals surface area (Å²) < 4.78 is 42.2. The van der Waals surface area contributed by atoms with E-state index in [1.807, 2.05) is 36.4 Å². The molecular weight excluding hydrogens is 923 g/mol. The maximum atomic E-state index is 12.3. The lowest BCUT2D eigenvalue weighted by Crippen LogP contribution is -2.26. The molecule has 0 bridgehead atoms. The Hall–Kier alpha value is -6.61. The maximum absolute atomic E-state index is 12.3. The lowest BCUT2D eigenvalue weighted by molar-refractivity contribution is -0.141. The number of benzene rings is 3. The molecule has 0 saturated heterocycles. The molecule has 392 valence electrons. The summed E-state index contributed by atoms with van der Waals surface area (Å²) in [7, 11) is 3.29. The number of aldehydes is 2. The van der Waals surface area contributed by atoms with Crippen LogP contribution in [0.5, 0.6) is 28.7 Å². The van der Waals surface area contributed by atoms with Crippen molar-refractivity contribution in [3.63, 3.8) is 0 Å². The van der Waals surface area contributed by atoms with E-state index in [2.05, 4.69) is 13.2 Å². The van der Waals surface area contributed by atoms with Crippen molar-refractivity contribution in [2.45, 2.75) is 109 Å². The highest BCUT2D eigenvalue weighted by Gasteiger charge is 2.29. The molecule has 15 heteroatoms. The van der Waals surface area contributed by atoms with Crippen LogP contribution in [0.4, 0.5) is 0 Å². The second-order valence-electron chi connectivity index (χ2n) is 17.5. The van der Waals surface area contributed by atoms with Crippen LogP contribution in [-0.2, 0) is 49.4 Å². The van der Waals surface area contributed by atoms with Crippen LogP contribution >= 0.6 is 0 Å². The van der Waals surface area contributed by atoms with Crippen LogP contribution in [-0.4, -0.2) is 89.9 Å². The predicted molar refractivity (Wildman–Crippen MR) is 274 cm³/mol. The summed E-state index contributed by atoms with van der Waals surface area (Å²) in [5, 5.41) is 7.51. The molecule has 0 heterocycles. The summed E-state index contributed by atoms with van der Waals surface area (Å²) in [6.45, 7) is 9.48. The predicted octanol–water partition coefficient (Wildman–Crippen LogP) is 10.4. The van der Waals surface area contributed by atoms with E-state index in [1.165, 1.54) is 18.4 Å². The number of hydrogen-bond acceptors (Lipinski definition) is 15. The first-order valence-electron chi connectivity index (χ1n) is 25.1. The SMILES string of the molecule is C=CC(=O)OCCCCCCOc1ccc(OC(=O)C2CCC(C=O)CC2)cc1.C=CC(=O)OCCCCCCOc1ccc(OC)cc1.COCCc1ccc(OC(=O)C2CCC(C=O)CC2)c(C=N)c1. The molecule has 2 aliphatic carbocycles. The van der Waals surface area contributed by atoms with Gasteiger partial charge in [0, 0.05) is 42.9 Å². The summed E-state index contributed by atoms with van der Waals surface area (Å²) in [4.78, 5) is 67.8. The third-order valence-corrected chi connectivity index (χ3v) is 12.2. The second kappa shape index (κ2) is 36.3. The molecule has 0 unspecified atom stereocenters. The lowest BCUT2D eigenvalue weighted by Gasteiger charge is -2.24. The highest BCUT2D eigenvalue weighted by molar-refractivity contribution is 5.85. The molecule has 0 aromatic heterocycles. The van der Waals surface area contributed by atoms with Gasteiger partial charge in [-0.2, -0.15) is 0 Å². The van der Waals surface area contributed by atoms with Crippen LogP contribution in [0, 0.1) is 29.1 Å². The molecule has 2 aliphatic rings. The van der Waals surface area contributed by atoms with Crippen LogP contribution in [0.3, 0.4) is 0 Å². The second-order valence-corrected chi connectivity index (χ2v) is 17.5. The summed E-state index contributed by atoms with van der Waals surface area (Å²) in [5.74, 6) is 2.01. The van der Waals surface area contributed by atoms with Crippen molar-refractivity contribution < 1.29 is 66.7 Å². The molecule has 15 nitrogen and oxygen atoms in total. The third kappa shape index (κ3) is 24.5. The van der Waals surface area contributed by atoms with Gasteiger partial charge in [-0.05, 0) is 175 Å². The zero-order valence-corrected chi connectivity index (χ0v) is 42.2. The Bertz CT molecular complexity index is 2090. The van der Waals surface area contributed by atoms with Gasteiger partial charge in [-0.1, -0.05) is 19.2 Å². The maximum Gasteiger partial charge on any atom is 0.330 e. The van der Waals surface area contributed by atoms with Gasteiger partial charge in [-0.15, -0.1) is 0 Å². The summed E-state index contributed by atoms with van der Waals surface area (Å²) in [5.41, 5.74) is 1.63. The topological polar surface area (TPSA) is 200 Å². The highest BCUT2D eigenvalue weighted by Crippen LogP contribution is 2.31. The van der Waals surface area contributed by atoms with Gasteiger partial charge in [0.05, 0.1) is 52.0 Å². The van der Waals surface area contributed by atoms with E-state index in [0.29, 0.717) is 75.8 Å². The van der Waals surface area contributed by atoms with E-state index in [4.69, 9.17) is 43.3 Å². The highest BCUT2D eigenvalue weighted by atomic mass is 16.5. The molecule has 1 N–H and O–H groups in total. The fourth-order valence-electron chi connectivity index (χ4n) is 7.79. The van der Waals surface area contributed by atoms with Gasteiger partial charge in [0.1, 0.15) is 41.3 Å². The molecular formula is C57H75NO14. The zero-order chi connectivity index (χ0) is 52.2. The Morgan fingerprint density at radius 3 is 1.39 bits per heavy atom. The number of unbranched alkanes of at least 4 members (excludes halogenated alkanes) is 6. The fraction of sp³-hybridized carbons (Fsp3) is 0.491. The molecule has 2 fully saturated rings. The molecule has 0 radical (unpaired) electrons. The molecule has 0 amide bonds. The van der Waals surface area contributed by atoms with Gasteiger partial charge in [0.2, 0.25) is 0 Å². The Morgan fingerprint density at radius 2 is 0.972 bits per heavy atom. The molecule has 3 aromatic carbocycles. The quantitative estimate of drug-likeness (QED) is 0.0172. The van der Waals surface area contributed by atoms with Gasteiger partial charge >= 0.3 is 23.9 Å². The Kier molecular flexibility index (Phi) is 30.1. The minimum Gasteiger partial charge on any atom is -0.497 e. The molecule has 72 heavy (non-hydrogen) atoms.